The Hall–Kier alpha value is -3.18. The molecule has 29 heavy (non-hydrogen) atoms. The zero-order valence-corrected chi connectivity index (χ0v) is 17.1. The van der Waals surface area contributed by atoms with Gasteiger partial charge in [0.1, 0.15) is 6.61 Å². The van der Waals surface area contributed by atoms with Crippen LogP contribution in [0.5, 0.6) is 5.88 Å². The van der Waals surface area contributed by atoms with Crippen LogP contribution < -0.4 is 10.1 Å². The number of nitrogens with zero attached hydrogens (tertiary/aromatic N) is 2. The van der Waals surface area contributed by atoms with Gasteiger partial charge in [0.2, 0.25) is 11.8 Å². The van der Waals surface area contributed by atoms with Crippen LogP contribution in [0.15, 0.2) is 79.0 Å². The molecule has 0 aliphatic carbocycles. The minimum absolute atomic E-state index is 0.113. The van der Waals surface area contributed by atoms with Gasteiger partial charge >= 0.3 is 0 Å². The molecule has 1 N–H and O–H groups in total. The number of hydrogen-bond donors (Lipinski definition) is 1. The number of carbonyl (C=O) groups is 1. The number of rotatable bonds is 8. The first kappa shape index (κ1) is 20.6. The van der Waals surface area contributed by atoms with E-state index < -0.39 is 5.41 Å². The van der Waals surface area contributed by atoms with E-state index in [2.05, 4.69) is 10.3 Å². The number of benzene rings is 2. The second kappa shape index (κ2) is 9.34. The van der Waals surface area contributed by atoms with Crippen LogP contribution in [0.1, 0.15) is 18.1 Å². The molecule has 2 aromatic carbocycles. The topological polar surface area (TPSA) is 54.5 Å². The lowest BCUT2D eigenvalue weighted by atomic mass is 9.75. The number of aromatic nitrogens is 1. The molecule has 3 aromatic rings. The molecule has 0 unspecified atom stereocenters. The first-order valence-corrected chi connectivity index (χ1v) is 9.66. The molecule has 0 spiro atoms. The van der Waals surface area contributed by atoms with E-state index in [4.69, 9.17) is 4.74 Å². The van der Waals surface area contributed by atoms with Crippen LogP contribution in [0.2, 0.25) is 0 Å². The lowest BCUT2D eigenvalue weighted by Gasteiger charge is -2.29. The highest BCUT2D eigenvalue weighted by atomic mass is 16.5. The van der Waals surface area contributed by atoms with Gasteiger partial charge in [0.25, 0.3) is 0 Å². The van der Waals surface area contributed by atoms with E-state index in [9.17, 15) is 4.79 Å². The summed E-state index contributed by atoms with van der Waals surface area (Å²) in [5.41, 5.74) is 1.66. The third kappa shape index (κ3) is 5.00. The van der Waals surface area contributed by atoms with E-state index >= 15 is 0 Å². The Kier molecular flexibility index (Phi) is 6.62. The fourth-order valence-corrected chi connectivity index (χ4v) is 3.10. The zero-order valence-electron chi connectivity index (χ0n) is 17.1. The smallest absolute Gasteiger partial charge is 0.239 e. The Morgan fingerprint density at radius 1 is 0.966 bits per heavy atom. The first-order chi connectivity index (χ1) is 14.0. The van der Waals surface area contributed by atoms with Crippen molar-refractivity contribution in [3.8, 4) is 5.88 Å². The molecule has 0 fully saturated rings. The third-order valence-corrected chi connectivity index (χ3v) is 4.94. The molecule has 1 aromatic heterocycles. The summed E-state index contributed by atoms with van der Waals surface area (Å²) < 4.78 is 5.62. The van der Waals surface area contributed by atoms with Crippen LogP contribution >= 0.6 is 0 Å². The Labute approximate surface area is 172 Å². The second-order valence-electron chi connectivity index (χ2n) is 7.35. The fourth-order valence-electron chi connectivity index (χ4n) is 3.10. The summed E-state index contributed by atoms with van der Waals surface area (Å²) in [7, 11) is 3.98. The molecule has 0 aliphatic rings. The van der Waals surface area contributed by atoms with E-state index in [1.165, 1.54) is 0 Å². The molecule has 0 aliphatic heterocycles. The molecule has 0 radical (unpaired) electrons. The highest BCUT2D eigenvalue weighted by Crippen LogP contribution is 2.33. The van der Waals surface area contributed by atoms with Crippen molar-refractivity contribution in [1.29, 1.82) is 0 Å². The quantitative estimate of drug-likeness (QED) is 0.633. The minimum Gasteiger partial charge on any atom is -0.476 e. The lowest BCUT2D eigenvalue weighted by Crippen LogP contribution is -2.38. The molecule has 5 nitrogen and oxygen atoms in total. The number of nitrogens with one attached hydrogen (secondary N) is 1. The van der Waals surface area contributed by atoms with Crippen LogP contribution in [-0.2, 0) is 10.2 Å². The summed E-state index contributed by atoms with van der Waals surface area (Å²) in [4.78, 5) is 19.7. The molecule has 3 rings (SSSR count). The Balaban J connectivity index is 1.79. The Bertz CT molecular complexity index is 870. The highest BCUT2D eigenvalue weighted by Gasteiger charge is 2.37. The molecule has 0 atom stereocenters. The van der Waals surface area contributed by atoms with Gasteiger partial charge in [-0.2, -0.15) is 0 Å². The van der Waals surface area contributed by atoms with Gasteiger partial charge in [-0.1, -0.05) is 60.7 Å². The van der Waals surface area contributed by atoms with E-state index in [0.717, 1.165) is 17.7 Å². The van der Waals surface area contributed by atoms with Gasteiger partial charge in [0.15, 0.2) is 0 Å². The van der Waals surface area contributed by atoms with Gasteiger partial charge in [-0.25, -0.2) is 4.98 Å². The van der Waals surface area contributed by atoms with Crippen LogP contribution in [0, 0.1) is 0 Å². The number of ether oxygens (including phenoxy) is 1. The maximum atomic E-state index is 13.4. The van der Waals surface area contributed by atoms with Crippen LogP contribution in [0.25, 0.3) is 0 Å². The molecular formula is C24H27N3O2. The molecule has 0 bridgehead atoms. The Morgan fingerprint density at radius 2 is 1.55 bits per heavy atom. The lowest BCUT2D eigenvalue weighted by molar-refractivity contribution is -0.119. The number of likely N-dealkylation sites (N-methyl/N-ethyl adjacent to an activating group) is 1. The van der Waals surface area contributed by atoms with Crippen LogP contribution in [0.4, 0.5) is 5.69 Å². The summed E-state index contributed by atoms with van der Waals surface area (Å²) in [5.74, 6) is 0.428. The highest BCUT2D eigenvalue weighted by molar-refractivity contribution is 6.01. The summed E-state index contributed by atoms with van der Waals surface area (Å²) in [6.07, 6.45) is 1.62. The Morgan fingerprint density at radius 3 is 2.03 bits per heavy atom. The van der Waals surface area contributed by atoms with E-state index in [1.807, 2.05) is 92.6 Å². The number of hydrogen-bond acceptors (Lipinski definition) is 4. The fraction of sp³-hybridized carbons (Fsp3) is 0.250. The minimum atomic E-state index is -0.830. The molecular weight excluding hydrogens is 362 g/mol. The SMILES string of the molecule is CN(C)CCOc1ccc(NC(=O)C(C)(c2ccccc2)c2ccccc2)cn1. The van der Waals surface area contributed by atoms with Gasteiger partial charge < -0.3 is 15.0 Å². The summed E-state index contributed by atoms with van der Waals surface area (Å²) in [6.45, 7) is 3.32. The van der Waals surface area contributed by atoms with Crippen molar-refractivity contribution in [2.75, 3.05) is 32.6 Å². The van der Waals surface area contributed by atoms with Crippen molar-refractivity contribution >= 4 is 11.6 Å². The molecule has 0 saturated heterocycles. The van der Waals surface area contributed by atoms with Crippen LogP contribution in [-0.4, -0.2) is 43.0 Å². The molecule has 5 heteroatoms. The standard InChI is InChI=1S/C24H27N3O2/c1-24(19-10-6-4-7-11-19,20-12-8-5-9-13-20)23(28)26-21-14-15-22(25-18-21)29-17-16-27(2)3/h4-15,18H,16-17H2,1-3H3,(H,26,28). The van der Waals surface area contributed by atoms with E-state index in [0.29, 0.717) is 18.2 Å². The van der Waals surface area contributed by atoms with Crippen molar-refractivity contribution in [2.24, 2.45) is 0 Å². The monoisotopic (exact) mass is 389 g/mol. The van der Waals surface area contributed by atoms with E-state index in [1.54, 1.807) is 12.3 Å². The van der Waals surface area contributed by atoms with Gasteiger partial charge in [-0.3, -0.25) is 4.79 Å². The molecule has 150 valence electrons. The molecule has 1 heterocycles. The van der Waals surface area contributed by atoms with Crippen molar-refractivity contribution in [3.05, 3.63) is 90.1 Å². The maximum Gasteiger partial charge on any atom is 0.239 e. The average molecular weight is 389 g/mol. The predicted molar refractivity (Wildman–Crippen MR) is 116 cm³/mol. The summed E-state index contributed by atoms with van der Waals surface area (Å²) in [5, 5.41) is 3.02. The van der Waals surface area contributed by atoms with Crippen LogP contribution in [0.3, 0.4) is 0 Å². The zero-order chi connectivity index (χ0) is 20.7. The van der Waals surface area contributed by atoms with Crippen molar-refractivity contribution < 1.29 is 9.53 Å². The molecule has 0 saturated carbocycles. The van der Waals surface area contributed by atoms with Crippen molar-refractivity contribution in [2.45, 2.75) is 12.3 Å². The van der Waals surface area contributed by atoms with Crippen molar-refractivity contribution in [3.63, 3.8) is 0 Å². The largest absolute Gasteiger partial charge is 0.476 e. The summed E-state index contributed by atoms with van der Waals surface area (Å²) in [6, 6.07) is 23.2. The number of amides is 1. The third-order valence-electron chi connectivity index (χ3n) is 4.94. The maximum absolute atomic E-state index is 13.4. The normalized spacial score (nSPS) is 11.3. The number of anilines is 1. The van der Waals surface area contributed by atoms with Crippen molar-refractivity contribution in [1.82, 2.24) is 9.88 Å². The number of pyridine rings is 1. The van der Waals surface area contributed by atoms with Gasteiger partial charge in [0, 0.05) is 12.6 Å². The van der Waals surface area contributed by atoms with Gasteiger partial charge in [-0.15, -0.1) is 0 Å². The number of carbonyl (C=O) groups excluding carboxylic acids is 1. The van der Waals surface area contributed by atoms with Gasteiger partial charge in [0.05, 0.1) is 17.3 Å². The predicted octanol–water partition coefficient (Wildman–Crippen LogP) is 3.97. The second-order valence-corrected chi connectivity index (χ2v) is 7.35. The van der Waals surface area contributed by atoms with E-state index in [-0.39, 0.29) is 5.91 Å². The first-order valence-electron chi connectivity index (χ1n) is 9.66. The average Bonchev–Trinajstić information content (AvgIpc) is 2.75. The summed E-state index contributed by atoms with van der Waals surface area (Å²) >= 11 is 0. The van der Waals surface area contributed by atoms with Gasteiger partial charge in [-0.05, 0) is 38.2 Å². The molecule has 1 amide bonds.